The van der Waals surface area contributed by atoms with Crippen molar-refractivity contribution < 1.29 is 30.6 Å². The maximum Gasteiger partial charge on any atom is 0.171 e. The van der Waals surface area contributed by atoms with Crippen LogP contribution in [0.2, 0.25) is 0 Å². The molecule has 22 heavy (non-hydrogen) atoms. The molecule has 8 N–H and O–H groups in total. The molecule has 10 nitrogen and oxygen atoms in total. The molecule has 0 saturated carbocycles. The quantitative estimate of drug-likeness (QED) is 0.214. The van der Waals surface area contributed by atoms with E-state index in [2.05, 4.69) is 20.6 Å². The summed E-state index contributed by atoms with van der Waals surface area (Å²) < 4.78 is 0. The highest BCUT2D eigenvalue weighted by molar-refractivity contribution is 5.59. The van der Waals surface area contributed by atoms with Gasteiger partial charge < -0.3 is 41.3 Å². The van der Waals surface area contributed by atoms with Gasteiger partial charge in [-0.15, -0.1) is 0 Å². The van der Waals surface area contributed by atoms with Gasteiger partial charge in [-0.25, -0.2) is 9.97 Å². The second-order valence-corrected chi connectivity index (χ2v) is 4.72. The first-order chi connectivity index (χ1) is 10.5. The molecule has 0 fully saturated rings. The smallest absolute Gasteiger partial charge is 0.171 e. The zero-order valence-electron chi connectivity index (χ0n) is 11.9. The van der Waals surface area contributed by atoms with Crippen molar-refractivity contribution in [2.24, 2.45) is 0 Å². The Morgan fingerprint density at radius 3 is 1.45 bits per heavy atom. The number of aliphatic hydroxyl groups excluding tert-OH is 6. The third kappa shape index (κ3) is 6.47. The normalized spacial score (nSPS) is 16.6. The molecule has 0 bridgehead atoms. The van der Waals surface area contributed by atoms with E-state index in [1.165, 1.54) is 12.4 Å². The molecule has 0 aromatic carbocycles. The Balaban J connectivity index is 2.65. The summed E-state index contributed by atoms with van der Waals surface area (Å²) in [4.78, 5) is 7.88. The molecule has 126 valence electrons. The lowest BCUT2D eigenvalue weighted by atomic mass is 10.2. The molecule has 1 heterocycles. The maximum atomic E-state index is 9.73. The Labute approximate surface area is 127 Å². The Morgan fingerprint density at radius 1 is 0.773 bits per heavy atom. The van der Waals surface area contributed by atoms with Gasteiger partial charge in [-0.2, -0.15) is 0 Å². The van der Waals surface area contributed by atoms with E-state index in [0.29, 0.717) is 0 Å². The summed E-state index contributed by atoms with van der Waals surface area (Å²) in [5.41, 5.74) is 0. The number of nitrogens with one attached hydrogen (secondary N) is 2. The van der Waals surface area contributed by atoms with Crippen molar-refractivity contribution in [2.75, 3.05) is 23.8 Å². The average Bonchev–Trinajstić information content (AvgIpc) is 2.48. The van der Waals surface area contributed by atoms with E-state index in [4.69, 9.17) is 10.2 Å². The Kier molecular flexibility index (Phi) is 7.95. The molecular formula is C12H22N4O6. The fraction of sp³-hybridized carbons (Fsp3) is 0.667. The van der Waals surface area contributed by atoms with Crippen LogP contribution >= 0.6 is 0 Å². The fourth-order valence-corrected chi connectivity index (χ4v) is 1.65. The molecule has 10 heteroatoms. The Morgan fingerprint density at radius 2 is 1.14 bits per heavy atom. The van der Waals surface area contributed by atoms with Crippen molar-refractivity contribution in [3.05, 3.63) is 12.4 Å². The van der Waals surface area contributed by atoms with Gasteiger partial charge in [0, 0.05) is 25.2 Å². The summed E-state index contributed by atoms with van der Waals surface area (Å²) in [6, 6.07) is 0. The first-order valence-electron chi connectivity index (χ1n) is 6.74. The van der Waals surface area contributed by atoms with Crippen LogP contribution in [0.15, 0.2) is 12.4 Å². The SMILES string of the molecule is OCC(O)CC(O)Nc1nccnc1NC(O)CC(O)CO. The van der Waals surface area contributed by atoms with Gasteiger partial charge in [0.15, 0.2) is 11.6 Å². The molecule has 0 saturated heterocycles. The van der Waals surface area contributed by atoms with E-state index in [-0.39, 0.29) is 24.5 Å². The summed E-state index contributed by atoms with van der Waals surface area (Å²) in [6.45, 7) is -0.968. The highest BCUT2D eigenvalue weighted by atomic mass is 16.3. The van der Waals surface area contributed by atoms with Crippen LogP contribution in [-0.2, 0) is 0 Å². The van der Waals surface area contributed by atoms with Crippen molar-refractivity contribution in [3.63, 3.8) is 0 Å². The molecule has 0 amide bonds. The Bertz CT molecular complexity index is 399. The van der Waals surface area contributed by atoms with Gasteiger partial charge in [-0.1, -0.05) is 0 Å². The van der Waals surface area contributed by atoms with Crippen LogP contribution < -0.4 is 10.6 Å². The van der Waals surface area contributed by atoms with E-state index in [1.54, 1.807) is 0 Å². The molecule has 0 radical (unpaired) electrons. The van der Waals surface area contributed by atoms with Crippen LogP contribution in [0.3, 0.4) is 0 Å². The fourth-order valence-electron chi connectivity index (χ4n) is 1.65. The minimum Gasteiger partial charge on any atom is -0.394 e. The van der Waals surface area contributed by atoms with E-state index in [9.17, 15) is 20.4 Å². The number of anilines is 2. The third-order valence-electron chi connectivity index (χ3n) is 2.72. The van der Waals surface area contributed by atoms with Gasteiger partial charge >= 0.3 is 0 Å². The highest BCUT2D eigenvalue weighted by Gasteiger charge is 2.17. The van der Waals surface area contributed by atoms with Crippen molar-refractivity contribution in [3.8, 4) is 0 Å². The summed E-state index contributed by atoms with van der Waals surface area (Å²) in [5, 5.41) is 60.6. The van der Waals surface area contributed by atoms with Crippen LogP contribution in [0.25, 0.3) is 0 Å². The second kappa shape index (κ2) is 9.46. The van der Waals surface area contributed by atoms with Gasteiger partial charge in [-0.3, -0.25) is 0 Å². The Hall–Kier alpha value is -1.56. The molecular weight excluding hydrogens is 296 g/mol. The number of rotatable bonds is 10. The monoisotopic (exact) mass is 318 g/mol. The van der Waals surface area contributed by atoms with Gasteiger partial charge in [-0.05, 0) is 0 Å². The van der Waals surface area contributed by atoms with Gasteiger partial charge in [0.2, 0.25) is 0 Å². The zero-order chi connectivity index (χ0) is 16.5. The van der Waals surface area contributed by atoms with Crippen LogP contribution in [-0.4, -0.2) is 78.5 Å². The lowest BCUT2D eigenvalue weighted by Crippen LogP contribution is -2.30. The first-order valence-corrected chi connectivity index (χ1v) is 6.74. The van der Waals surface area contributed by atoms with E-state index < -0.39 is 37.9 Å². The number of hydrogen-bond donors (Lipinski definition) is 8. The van der Waals surface area contributed by atoms with Crippen molar-refractivity contribution in [2.45, 2.75) is 37.5 Å². The number of nitrogens with zero attached hydrogens (tertiary/aromatic N) is 2. The third-order valence-corrected chi connectivity index (χ3v) is 2.72. The predicted molar refractivity (Wildman–Crippen MR) is 76.7 cm³/mol. The molecule has 0 aliphatic carbocycles. The highest BCUT2D eigenvalue weighted by Crippen LogP contribution is 2.17. The van der Waals surface area contributed by atoms with Crippen LogP contribution in [0, 0.1) is 0 Å². The van der Waals surface area contributed by atoms with E-state index in [1.807, 2.05) is 0 Å². The van der Waals surface area contributed by atoms with Crippen LogP contribution in [0.1, 0.15) is 12.8 Å². The van der Waals surface area contributed by atoms with Gasteiger partial charge in [0.05, 0.1) is 25.4 Å². The number of aliphatic hydroxyl groups is 6. The molecule has 1 aromatic rings. The van der Waals surface area contributed by atoms with Crippen molar-refractivity contribution in [1.82, 2.24) is 9.97 Å². The van der Waals surface area contributed by atoms with E-state index >= 15 is 0 Å². The summed E-state index contributed by atoms with van der Waals surface area (Å²) in [7, 11) is 0. The molecule has 0 spiro atoms. The van der Waals surface area contributed by atoms with Gasteiger partial charge in [0.1, 0.15) is 12.5 Å². The lowest BCUT2D eigenvalue weighted by Gasteiger charge is -2.20. The molecule has 1 aromatic heterocycles. The number of aromatic nitrogens is 2. The topological polar surface area (TPSA) is 171 Å². The van der Waals surface area contributed by atoms with Crippen molar-refractivity contribution in [1.29, 1.82) is 0 Å². The first kappa shape index (κ1) is 18.5. The summed E-state index contributed by atoms with van der Waals surface area (Å²) in [6.07, 6.45) is -2.06. The van der Waals surface area contributed by atoms with Crippen LogP contribution in [0.5, 0.6) is 0 Å². The van der Waals surface area contributed by atoms with Gasteiger partial charge in [0.25, 0.3) is 0 Å². The molecule has 0 aliphatic rings. The standard InChI is InChI=1S/C12H22N4O6/c17-5-7(19)3-9(21)15-11-12(14-2-1-13-11)16-10(22)4-8(20)6-18/h1-2,7-10,17-22H,3-6H2,(H,13,15)(H,14,16). The lowest BCUT2D eigenvalue weighted by molar-refractivity contribution is 0.0495. The van der Waals surface area contributed by atoms with Crippen LogP contribution in [0.4, 0.5) is 11.6 Å². The average molecular weight is 318 g/mol. The second-order valence-electron chi connectivity index (χ2n) is 4.72. The predicted octanol–water partition coefficient (Wildman–Crippen LogP) is -2.58. The zero-order valence-corrected chi connectivity index (χ0v) is 11.9. The number of hydrogen-bond acceptors (Lipinski definition) is 10. The van der Waals surface area contributed by atoms with Crippen molar-refractivity contribution >= 4 is 11.6 Å². The molecule has 1 rings (SSSR count). The molecule has 0 aliphatic heterocycles. The minimum atomic E-state index is -1.18. The molecule has 4 atom stereocenters. The summed E-state index contributed by atoms with van der Waals surface area (Å²) in [5.74, 6) is 0.246. The summed E-state index contributed by atoms with van der Waals surface area (Å²) >= 11 is 0. The molecule has 4 unspecified atom stereocenters. The maximum absolute atomic E-state index is 9.73. The minimum absolute atomic E-state index is 0.123. The largest absolute Gasteiger partial charge is 0.394 e. The van der Waals surface area contributed by atoms with E-state index in [0.717, 1.165) is 0 Å².